The molecule has 9 heavy (non-hydrogen) atoms. The molecule has 0 fully saturated rings. The molecule has 1 unspecified atom stereocenters. The summed E-state index contributed by atoms with van der Waals surface area (Å²) in [6, 6.07) is 0. The average molecular weight is 146 g/mol. The maximum Gasteiger partial charge on any atom is 0.333 e. The van der Waals surface area contributed by atoms with Gasteiger partial charge in [0.25, 0.3) is 0 Å². The van der Waals surface area contributed by atoms with E-state index in [9.17, 15) is 4.79 Å². The molecular weight excluding hydrogens is 135 g/mol. The summed E-state index contributed by atoms with van der Waals surface area (Å²) < 4.78 is 4.69. The molecule has 0 radical (unpaired) electrons. The molecule has 0 spiro atoms. The molecule has 0 aromatic carbocycles. The van der Waals surface area contributed by atoms with Gasteiger partial charge in [0.1, 0.15) is 0 Å². The Kier molecular flexibility index (Phi) is 4.33. The van der Waals surface area contributed by atoms with E-state index in [1.165, 1.54) is 0 Å². The molecule has 0 aromatic rings. The van der Waals surface area contributed by atoms with Crippen molar-refractivity contribution in [2.45, 2.75) is 6.92 Å². The molecule has 0 saturated carbocycles. The third-order valence-electron chi connectivity index (χ3n) is 0.699. The lowest BCUT2D eigenvalue weighted by Crippen LogP contribution is -2.06. The summed E-state index contributed by atoms with van der Waals surface area (Å²) in [5, 5.41) is 0. The van der Waals surface area contributed by atoms with Crippen molar-refractivity contribution in [2.75, 3.05) is 12.8 Å². The van der Waals surface area contributed by atoms with Crippen LogP contribution in [0.25, 0.3) is 0 Å². The third kappa shape index (κ3) is 4.16. The second kappa shape index (κ2) is 4.51. The fraction of sp³-hybridized carbons (Fsp3) is 0.500. The summed E-state index contributed by atoms with van der Waals surface area (Å²) in [5.41, 5.74) is 0.452. The molecule has 1 atom stereocenters. The summed E-state index contributed by atoms with van der Waals surface area (Å²) in [6.45, 7) is 5.51. The van der Waals surface area contributed by atoms with E-state index in [0.717, 1.165) is 6.16 Å². The van der Waals surface area contributed by atoms with Gasteiger partial charge < -0.3 is 4.74 Å². The lowest BCUT2D eigenvalue weighted by atomic mass is 10.4. The first-order valence-corrected chi connectivity index (χ1v) is 3.53. The van der Waals surface area contributed by atoms with Gasteiger partial charge in [-0.05, 0) is 13.1 Å². The standard InChI is InChI=1S/C6H11O2P/c1-5(2)6(7)8-3-4-9/h1,3-4,9H2,2H3. The highest BCUT2D eigenvalue weighted by atomic mass is 31.0. The maximum atomic E-state index is 10.6. The minimum absolute atomic E-state index is 0.308. The van der Waals surface area contributed by atoms with Gasteiger partial charge in [-0.2, -0.15) is 0 Å². The van der Waals surface area contributed by atoms with Crippen LogP contribution in [0.4, 0.5) is 0 Å². The number of hydrogen-bond acceptors (Lipinski definition) is 2. The maximum absolute atomic E-state index is 10.6. The Balaban J connectivity index is 3.39. The van der Waals surface area contributed by atoms with Gasteiger partial charge in [0.05, 0.1) is 6.61 Å². The second-order valence-corrected chi connectivity index (χ2v) is 2.28. The lowest BCUT2D eigenvalue weighted by Gasteiger charge is -1.99. The number of rotatable bonds is 3. The minimum Gasteiger partial charge on any atom is -0.462 e. The van der Waals surface area contributed by atoms with Crippen molar-refractivity contribution in [3.63, 3.8) is 0 Å². The number of esters is 1. The molecule has 0 aliphatic carbocycles. The predicted octanol–water partition coefficient (Wildman–Crippen LogP) is 0.981. The van der Waals surface area contributed by atoms with Crippen molar-refractivity contribution in [3.8, 4) is 0 Å². The van der Waals surface area contributed by atoms with E-state index in [1.807, 2.05) is 0 Å². The fourth-order valence-corrected chi connectivity index (χ4v) is 0.393. The Hall–Kier alpha value is -0.360. The zero-order valence-electron chi connectivity index (χ0n) is 5.52. The van der Waals surface area contributed by atoms with Gasteiger partial charge in [0.15, 0.2) is 0 Å². The van der Waals surface area contributed by atoms with Gasteiger partial charge in [-0.25, -0.2) is 4.79 Å². The van der Waals surface area contributed by atoms with E-state index in [4.69, 9.17) is 4.74 Å². The van der Waals surface area contributed by atoms with Crippen LogP contribution in [0.2, 0.25) is 0 Å². The first kappa shape index (κ1) is 8.64. The van der Waals surface area contributed by atoms with E-state index < -0.39 is 0 Å². The van der Waals surface area contributed by atoms with Crippen LogP contribution in [0.3, 0.4) is 0 Å². The first-order chi connectivity index (χ1) is 4.18. The average Bonchev–Trinajstić information content (AvgIpc) is 1.82. The quantitative estimate of drug-likeness (QED) is 0.337. The summed E-state index contributed by atoms with van der Waals surface area (Å²) in [7, 11) is 2.47. The van der Waals surface area contributed by atoms with Crippen molar-refractivity contribution in [1.29, 1.82) is 0 Å². The molecule has 2 nitrogen and oxygen atoms in total. The second-order valence-electron chi connectivity index (χ2n) is 1.70. The molecule has 0 heterocycles. The highest BCUT2D eigenvalue weighted by Crippen LogP contribution is 1.92. The van der Waals surface area contributed by atoms with Crippen LogP contribution in [-0.4, -0.2) is 18.7 Å². The number of carbonyl (C=O) groups is 1. The highest BCUT2D eigenvalue weighted by Gasteiger charge is 1.99. The van der Waals surface area contributed by atoms with E-state index in [2.05, 4.69) is 15.8 Å². The third-order valence-corrected chi connectivity index (χ3v) is 0.935. The van der Waals surface area contributed by atoms with E-state index in [0.29, 0.717) is 12.2 Å². The Morgan fingerprint density at radius 1 is 1.78 bits per heavy atom. The SMILES string of the molecule is C=C(C)C(=O)OCCP. The molecule has 52 valence electrons. The molecule has 0 bridgehead atoms. The van der Waals surface area contributed by atoms with Crippen molar-refractivity contribution >= 4 is 15.2 Å². The normalized spacial score (nSPS) is 8.67. The smallest absolute Gasteiger partial charge is 0.333 e. The van der Waals surface area contributed by atoms with Crippen LogP contribution < -0.4 is 0 Å². The van der Waals surface area contributed by atoms with Gasteiger partial charge in [-0.1, -0.05) is 6.58 Å². The van der Waals surface area contributed by atoms with Gasteiger partial charge in [-0.15, -0.1) is 9.24 Å². The van der Waals surface area contributed by atoms with Crippen molar-refractivity contribution in [1.82, 2.24) is 0 Å². The summed E-state index contributed by atoms with van der Waals surface area (Å²) in [4.78, 5) is 10.6. The van der Waals surface area contributed by atoms with Crippen LogP contribution >= 0.6 is 9.24 Å². The van der Waals surface area contributed by atoms with Gasteiger partial charge in [0, 0.05) is 5.57 Å². The minimum atomic E-state index is -0.308. The lowest BCUT2D eigenvalue weighted by molar-refractivity contribution is -0.138. The molecule has 0 rings (SSSR count). The first-order valence-electron chi connectivity index (χ1n) is 2.71. The van der Waals surface area contributed by atoms with Crippen LogP contribution in [0.1, 0.15) is 6.92 Å². The number of ether oxygens (including phenoxy) is 1. The van der Waals surface area contributed by atoms with Gasteiger partial charge in [-0.3, -0.25) is 0 Å². The van der Waals surface area contributed by atoms with Crippen LogP contribution in [-0.2, 0) is 9.53 Å². The highest BCUT2D eigenvalue weighted by molar-refractivity contribution is 7.16. The van der Waals surface area contributed by atoms with Crippen LogP contribution in [0.5, 0.6) is 0 Å². The van der Waals surface area contributed by atoms with E-state index in [1.54, 1.807) is 6.92 Å². The summed E-state index contributed by atoms with van der Waals surface area (Å²) in [5.74, 6) is -0.308. The molecule has 0 aromatic heterocycles. The largest absolute Gasteiger partial charge is 0.462 e. The zero-order chi connectivity index (χ0) is 7.28. The molecule has 0 N–H and O–H groups in total. The zero-order valence-corrected chi connectivity index (χ0v) is 6.67. The topological polar surface area (TPSA) is 26.3 Å². The predicted molar refractivity (Wildman–Crippen MR) is 40.4 cm³/mol. The van der Waals surface area contributed by atoms with Crippen molar-refractivity contribution < 1.29 is 9.53 Å². The van der Waals surface area contributed by atoms with E-state index >= 15 is 0 Å². The summed E-state index contributed by atoms with van der Waals surface area (Å²) >= 11 is 0. The monoisotopic (exact) mass is 146 g/mol. The number of carbonyl (C=O) groups excluding carboxylic acids is 1. The van der Waals surface area contributed by atoms with Gasteiger partial charge in [0.2, 0.25) is 0 Å². The molecule has 0 aliphatic heterocycles. The molecule has 0 amide bonds. The van der Waals surface area contributed by atoms with Crippen molar-refractivity contribution in [3.05, 3.63) is 12.2 Å². The summed E-state index contributed by atoms with van der Waals surface area (Å²) in [6.07, 6.45) is 0.777. The molecular formula is C6H11O2P. The fourth-order valence-electron chi connectivity index (χ4n) is 0.275. The Bertz CT molecular complexity index is 120. The van der Waals surface area contributed by atoms with Crippen LogP contribution in [0, 0.1) is 0 Å². The Morgan fingerprint density at radius 3 is 2.67 bits per heavy atom. The molecule has 3 heteroatoms. The number of hydrogen-bond donors (Lipinski definition) is 0. The van der Waals surface area contributed by atoms with E-state index in [-0.39, 0.29) is 5.97 Å². The Morgan fingerprint density at radius 2 is 2.33 bits per heavy atom. The van der Waals surface area contributed by atoms with Crippen molar-refractivity contribution in [2.24, 2.45) is 0 Å². The molecule has 0 saturated heterocycles. The molecule has 0 aliphatic rings. The van der Waals surface area contributed by atoms with Crippen LogP contribution in [0.15, 0.2) is 12.2 Å². The van der Waals surface area contributed by atoms with Gasteiger partial charge >= 0.3 is 5.97 Å². The Labute approximate surface area is 57.5 Å².